The SMILES string of the molecule is C=CC(=O)N1C[C@H](C)N(S(C)(=O)=O)[C@H](c2cc(Cl)nc(-c3cc(C(=O)NC)ccn3)c2)C1. The highest BCUT2D eigenvalue weighted by Crippen LogP contribution is 2.34. The molecular weight excluding hydrogens is 454 g/mol. The number of pyridine rings is 2. The second-order valence-corrected chi connectivity index (χ2v) is 9.80. The average Bonchev–Trinajstić information content (AvgIpc) is 2.76. The van der Waals surface area contributed by atoms with Gasteiger partial charge in [-0.2, -0.15) is 4.31 Å². The third-order valence-corrected chi connectivity index (χ3v) is 6.78. The number of nitrogens with zero attached hydrogens (tertiary/aromatic N) is 4. The van der Waals surface area contributed by atoms with Gasteiger partial charge in [0, 0.05) is 37.9 Å². The van der Waals surface area contributed by atoms with Crippen LogP contribution in [-0.2, 0) is 14.8 Å². The molecule has 0 unspecified atom stereocenters. The van der Waals surface area contributed by atoms with Crippen molar-refractivity contribution in [3.63, 3.8) is 0 Å². The van der Waals surface area contributed by atoms with Crippen LogP contribution in [0.15, 0.2) is 43.1 Å². The van der Waals surface area contributed by atoms with Gasteiger partial charge in [0.25, 0.3) is 5.91 Å². The Morgan fingerprint density at radius 1 is 1.25 bits per heavy atom. The van der Waals surface area contributed by atoms with Gasteiger partial charge in [0.05, 0.1) is 23.7 Å². The van der Waals surface area contributed by atoms with Crippen LogP contribution in [0, 0.1) is 0 Å². The van der Waals surface area contributed by atoms with E-state index in [1.54, 1.807) is 36.1 Å². The van der Waals surface area contributed by atoms with Gasteiger partial charge in [0.2, 0.25) is 15.9 Å². The number of hydrogen-bond acceptors (Lipinski definition) is 6. The summed E-state index contributed by atoms with van der Waals surface area (Å²) in [7, 11) is -2.08. The normalized spacial score (nSPS) is 19.4. The summed E-state index contributed by atoms with van der Waals surface area (Å²) in [4.78, 5) is 34.4. The zero-order chi connectivity index (χ0) is 23.6. The van der Waals surface area contributed by atoms with Crippen LogP contribution in [0.25, 0.3) is 11.4 Å². The third-order valence-electron chi connectivity index (χ3n) is 5.20. The fourth-order valence-electron chi connectivity index (χ4n) is 3.89. The summed E-state index contributed by atoms with van der Waals surface area (Å²) < 4.78 is 26.6. The first-order chi connectivity index (χ1) is 15.0. The molecule has 9 nitrogen and oxygen atoms in total. The molecule has 1 saturated heterocycles. The Bertz CT molecular complexity index is 1170. The number of sulfonamides is 1. The highest BCUT2D eigenvalue weighted by Gasteiger charge is 2.40. The zero-order valence-corrected chi connectivity index (χ0v) is 19.5. The molecule has 1 fully saturated rings. The molecule has 0 bridgehead atoms. The van der Waals surface area contributed by atoms with Crippen LogP contribution in [-0.4, -0.2) is 71.8 Å². The molecule has 2 aromatic rings. The minimum Gasteiger partial charge on any atom is -0.355 e. The third kappa shape index (κ3) is 4.98. The van der Waals surface area contributed by atoms with Gasteiger partial charge in [-0.25, -0.2) is 13.4 Å². The lowest BCUT2D eigenvalue weighted by Gasteiger charge is -2.44. The molecule has 0 aromatic carbocycles. The van der Waals surface area contributed by atoms with Crippen molar-refractivity contribution in [2.45, 2.75) is 19.0 Å². The van der Waals surface area contributed by atoms with E-state index in [4.69, 9.17) is 11.6 Å². The molecule has 2 atom stereocenters. The molecule has 0 spiro atoms. The standard InChI is InChI=1S/C21H24ClN5O4S/c1-5-20(28)26-11-13(2)27(32(4,30)31)18(12-26)15-9-17(25-19(22)10-15)16-8-14(6-7-24-16)21(29)23-3/h5-10,13,18H,1,11-12H2,2-4H3,(H,23,29)/t13-,18-/m0/s1. The van der Waals surface area contributed by atoms with E-state index < -0.39 is 22.1 Å². The van der Waals surface area contributed by atoms with Crippen molar-refractivity contribution in [2.75, 3.05) is 26.4 Å². The highest BCUT2D eigenvalue weighted by molar-refractivity contribution is 7.88. The number of carbonyl (C=O) groups is 2. The number of piperazine rings is 1. The van der Waals surface area contributed by atoms with Crippen molar-refractivity contribution in [3.8, 4) is 11.4 Å². The summed E-state index contributed by atoms with van der Waals surface area (Å²) in [6, 6.07) is 5.26. The largest absolute Gasteiger partial charge is 0.355 e. The summed E-state index contributed by atoms with van der Waals surface area (Å²) in [5, 5.41) is 2.69. The molecular formula is C21H24ClN5O4S. The van der Waals surface area contributed by atoms with E-state index in [9.17, 15) is 18.0 Å². The summed E-state index contributed by atoms with van der Waals surface area (Å²) >= 11 is 6.29. The Labute approximate surface area is 192 Å². The average molecular weight is 478 g/mol. The Balaban J connectivity index is 2.10. The predicted octanol–water partition coefficient (Wildman–Crippen LogP) is 1.88. The van der Waals surface area contributed by atoms with E-state index in [0.717, 1.165) is 6.26 Å². The number of rotatable bonds is 5. The summed E-state index contributed by atoms with van der Waals surface area (Å²) in [6.07, 6.45) is 3.83. The predicted molar refractivity (Wildman–Crippen MR) is 122 cm³/mol. The highest BCUT2D eigenvalue weighted by atomic mass is 35.5. The Morgan fingerprint density at radius 2 is 1.97 bits per heavy atom. The molecule has 0 radical (unpaired) electrons. The maximum Gasteiger partial charge on any atom is 0.251 e. The first-order valence-corrected chi connectivity index (χ1v) is 12.0. The van der Waals surface area contributed by atoms with E-state index in [0.29, 0.717) is 22.5 Å². The smallest absolute Gasteiger partial charge is 0.251 e. The van der Waals surface area contributed by atoms with E-state index in [1.807, 2.05) is 0 Å². The number of nitrogens with one attached hydrogen (secondary N) is 1. The van der Waals surface area contributed by atoms with E-state index in [2.05, 4.69) is 21.9 Å². The maximum absolute atomic E-state index is 12.6. The van der Waals surface area contributed by atoms with E-state index >= 15 is 0 Å². The molecule has 3 rings (SSSR count). The fraction of sp³-hybridized carbons (Fsp3) is 0.333. The van der Waals surface area contributed by atoms with Crippen LogP contribution in [0.5, 0.6) is 0 Å². The van der Waals surface area contributed by atoms with Crippen LogP contribution >= 0.6 is 11.6 Å². The van der Waals surface area contributed by atoms with Crippen molar-refractivity contribution in [1.29, 1.82) is 0 Å². The number of carbonyl (C=O) groups excluding carboxylic acids is 2. The van der Waals surface area contributed by atoms with Crippen LogP contribution in [0.3, 0.4) is 0 Å². The lowest BCUT2D eigenvalue weighted by molar-refractivity contribution is -0.129. The van der Waals surface area contributed by atoms with Gasteiger partial charge in [0.1, 0.15) is 5.15 Å². The molecule has 0 saturated carbocycles. The number of hydrogen-bond donors (Lipinski definition) is 1. The van der Waals surface area contributed by atoms with E-state index in [-0.39, 0.29) is 30.1 Å². The lowest BCUT2D eigenvalue weighted by Crippen LogP contribution is -2.56. The van der Waals surface area contributed by atoms with Crippen molar-refractivity contribution >= 4 is 33.4 Å². The molecule has 2 amide bonds. The number of amides is 2. The molecule has 3 heterocycles. The van der Waals surface area contributed by atoms with Gasteiger partial charge in [-0.05, 0) is 42.8 Å². The molecule has 170 valence electrons. The van der Waals surface area contributed by atoms with Crippen molar-refractivity contribution in [2.24, 2.45) is 0 Å². The van der Waals surface area contributed by atoms with E-state index in [1.165, 1.54) is 23.6 Å². The first-order valence-electron chi connectivity index (χ1n) is 9.81. The molecule has 0 aliphatic carbocycles. The molecule has 32 heavy (non-hydrogen) atoms. The maximum atomic E-state index is 12.6. The van der Waals surface area contributed by atoms with Crippen LogP contribution in [0.2, 0.25) is 5.15 Å². The minimum atomic E-state index is -3.60. The Morgan fingerprint density at radius 3 is 2.59 bits per heavy atom. The number of aromatic nitrogens is 2. The zero-order valence-electron chi connectivity index (χ0n) is 17.9. The van der Waals surface area contributed by atoms with Crippen molar-refractivity contribution < 1.29 is 18.0 Å². The van der Waals surface area contributed by atoms with Gasteiger partial charge in [-0.3, -0.25) is 14.6 Å². The monoisotopic (exact) mass is 477 g/mol. The van der Waals surface area contributed by atoms with Gasteiger partial charge in [0.15, 0.2) is 0 Å². The summed E-state index contributed by atoms with van der Waals surface area (Å²) in [5.74, 6) is -0.561. The minimum absolute atomic E-state index is 0.133. The van der Waals surface area contributed by atoms with Crippen LogP contribution in [0.1, 0.15) is 28.9 Å². The summed E-state index contributed by atoms with van der Waals surface area (Å²) in [6.45, 7) is 5.65. The molecule has 1 N–H and O–H groups in total. The van der Waals surface area contributed by atoms with Gasteiger partial charge >= 0.3 is 0 Å². The van der Waals surface area contributed by atoms with Crippen LogP contribution in [0.4, 0.5) is 0 Å². The summed E-state index contributed by atoms with van der Waals surface area (Å²) in [5.41, 5.74) is 1.74. The van der Waals surface area contributed by atoms with Gasteiger partial charge in [-0.15, -0.1) is 0 Å². The van der Waals surface area contributed by atoms with Crippen molar-refractivity contribution in [3.05, 3.63) is 59.4 Å². The van der Waals surface area contributed by atoms with Gasteiger partial charge in [-0.1, -0.05) is 18.2 Å². The second kappa shape index (κ2) is 9.35. The lowest BCUT2D eigenvalue weighted by atomic mass is 10.0. The first kappa shape index (κ1) is 23.8. The molecule has 1 aliphatic rings. The van der Waals surface area contributed by atoms with Crippen molar-refractivity contribution in [1.82, 2.24) is 24.5 Å². The van der Waals surface area contributed by atoms with Gasteiger partial charge < -0.3 is 10.2 Å². The molecule has 2 aromatic heterocycles. The van der Waals surface area contributed by atoms with Crippen LogP contribution < -0.4 is 5.32 Å². The topological polar surface area (TPSA) is 113 Å². The Hall–Kier alpha value is -2.82. The second-order valence-electron chi connectivity index (χ2n) is 7.52. The molecule has 11 heteroatoms. The number of halogens is 1. The quantitative estimate of drug-likeness (QED) is 0.519. The fourth-order valence-corrected chi connectivity index (χ4v) is 5.47. The molecule has 1 aliphatic heterocycles. The Kier molecular flexibility index (Phi) is 6.97.